The molecule has 2 N–H and O–H groups in total. The number of benzene rings is 1. The van der Waals surface area contributed by atoms with Gasteiger partial charge in [-0.25, -0.2) is 13.2 Å². The first-order chi connectivity index (χ1) is 8.97. The van der Waals surface area contributed by atoms with E-state index in [1.54, 1.807) is 0 Å². The number of carbonyl (C=O) groups is 1. The molecule has 19 heavy (non-hydrogen) atoms. The van der Waals surface area contributed by atoms with Crippen molar-refractivity contribution in [1.29, 1.82) is 0 Å². The van der Waals surface area contributed by atoms with Gasteiger partial charge in [0.25, 0.3) is 5.91 Å². The second kappa shape index (κ2) is 5.61. The molecule has 1 aromatic carbocycles. The van der Waals surface area contributed by atoms with Gasteiger partial charge in [-0.2, -0.15) is 0 Å². The zero-order valence-corrected chi connectivity index (χ0v) is 10.1. The Morgan fingerprint density at radius 1 is 1.26 bits per heavy atom. The van der Waals surface area contributed by atoms with Crippen molar-refractivity contribution >= 4 is 5.91 Å². The Balaban J connectivity index is 1.96. The van der Waals surface area contributed by atoms with Crippen LogP contribution in [0.15, 0.2) is 12.1 Å². The maximum Gasteiger partial charge on any atom is 0.251 e. The van der Waals surface area contributed by atoms with Gasteiger partial charge in [0.05, 0.1) is 6.10 Å². The number of hydrogen-bond donors (Lipinski definition) is 2. The fourth-order valence-corrected chi connectivity index (χ4v) is 2.26. The molecule has 1 fully saturated rings. The molecular weight excluding hydrogens is 259 g/mol. The number of amides is 1. The summed E-state index contributed by atoms with van der Waals surface area (Å²) in [5.41, 5.74) is -0.255. The Morgan fingerprint density at radius 2 is 1.89 bits per heavy atom. The third kappa shape index (κ3) is 3.26. The van der Waals surface area contributed by atoms with Gasteiger partial charge in [0.2, 0.25) is 0 Å². The molecule has 2 unspecified atom stereocenters. The lowest BCUT2D eigenvalue weighted by atomic mass is 10.1. The number of aliphatic hydroxyl groups is 1. The summed E-state index contributed by atoms with van der Waals surface area (Å²) in [6, 6.07) is 1.33. The Hall–Kier alpha value is -1.56. The summed E-state index contributed by atoms with van der Waals surface area (Å²) in [5, 5.41) is 11.9. The van der Waals surface area contributed by atoms with Crippen molar-refractivity contribution in [2.75, 3.05) is 6.54 Å². The molecule has 2 atom stereocenters. The van der Waals surface area contributed by atoms with Crippen molar-refractivity contribution < 1.29 is 23.1 Å². The van der Waals surface area contributed by atoms with Crippen molar-refractivity contribution in [3.63, 3.8) is 0 Å². The van der Waals surface area contributed by atoms with Gasteiger partial charge in [-0.1, -0.05) is 0 Å². The second-order valence-corrected chi connectivity index (χ2v) is 4.80. The van der Waals surface area contributed by atoms with Crippen LogP contribution < -0.4 is 5.32 Å². The summed E-state index contributed by atoms with van der Waals surface area (Å²) in [7, 11) is 0. The lowest BCUT2D eigenvalue weighted by molar-refractivity contribution is 0.0944. The van der Waals surface area contributed by atoms with E-state index in [4.69, 9.17) is 0 Å². The fraction of sp³-hybridized carbons (Fsp3) is 0.462. The van der Waals surface area contributed by atoms with E-state index in [9.17, 15) is 23.1 Å². The monoisotopic (exact) mass is 273 g/mol. The number of hydrogen-bond acceptors (Lipinski definition) is 2. The molecule has 6 heteroatoms. The molecule has 0 radical (unpaired) electrons. The largest absolute Gasteiger partial charge is 0.393 e. The first kappa shape index (κ1) is 13.9. The summed E-state index contributed by atoms with van der Waals surface area (Å²) in [5.74, 6) is -4.85. The first-order valence-corrected chi connectivity index (χ1v) is 6.08. The molecule has 104 valence electrons. The van der Waals surface area contributed by atoms with Crippen LogP contribution in [0, 0.1) is 23.4 Å². The third-order valence-corrected chi connectivity index (χ3v) is 3.31. The minimum atomic E-state index is -1.59. The summed E-state index contributed by atoms with van der Waals surface area (Å²) >= 11 is 0. The average Bonchev–Trinajstić information content (AvgIpc) is 2.78. The molecule has 1 aliphatic rings. The van der Waals surface area contributed by atoms with E-state index < -0.39 is 23.4 Å². The zero-order valence-electron chi connectivity index (χ0n) is 10.1. The number of rotatable bonds is 3. The molecule has 1 amide bonds. The predicted octanol–water partition coefficient (Wildman–Crippen LogP) is 1.99. The molecule has 0 heterocycles. The molecule has 0 bridgehead atoms. The standard InChI is InChI=1S/C13H14F3NO2/c14-10-4-8(5-11(15)12(10)16)13(19)17-6-7-1-2-9(18)3-7/h4-5,7,9,18H,1-3,6H2,(H,17,19). The van der Waals surface area contributed by atoms with Crippen LogP contribution in [-0.4, -0.2) is 23.7 Å². The third-order valence-electron chi connectivity index (χ3n) is 3.31. The minimum absolute atomic E-state index is 0.161. The topological polar surface area (TPSA) is 49.3 Å². The Labute approximate surface area is 108 Å². The summed E-state index contributed by atoms with van der Waals surface area (Å²) < 4.78 is 38.7. The van der Waals surface area contributed by atoms with E-state index in [0.717, 1.165) is 6.42 Å². The fourth-order valence-electron chi connectivity index (χ4n) is 2.26. The van der Waals surface area contributed by atoms with Gasteiger partial charge in [0.1, 0.15) is 0 Å². The van der Waals surface area contributed by atoms with Crippen molar-refractivity contribution in [2.45, 2.75) is 25.4 Å². The quantitative estimate of drug-likeness (QED) is 0.827. The van der Waals surface area contributed by atoms with Gasteiger partial charge in [-0.05, 0) is 37.3 Å². The molecule has 1 saturated carbocycles. The SMILES string of the molecule is O=C(NCC1CCC(O)C1)c1cc(F)c(F)c(F)c1. The Kier molecular flexibility index (Phi) is 4.09. The van der Waals surface area contributed by atoms with Gasteiger partial charge in [0, 0.05) is 12.1 Å². The average molecular weight is 273 g/mol. The van der Waals surface area contributed by atoms with Crippen molar-refractivity contribution in [2.24, 2.45) is 5.92 Å². The van der Waals surface area contributed by atoms with Crippen LogP contribution >= 0.6 is 0 Å². The highest BCUT2D eigenvalue weighted by Crippen LogP contribution is 2.24. The highest BCUT2D eigenvalue weighted by Gasteiger charge is 2.23. The highest BCUT2D eigenvalue weighted by atomic mass is 19.2. The lowest BCUT2D eigenvalue weighted by Crippen LogP contribution is -2.29. The van der Waals surface area contributed by atoms with Crippen molar-refractivity contribution in [3.8, 4) is 0 Å². The summed E-state index contributed by atoms with van der Waals surface area (Å²) in [6.45, 7) is 0.330. The van der Waals surface area contributed by atoms with Crippen LogP contribution in [0.5, 0.6) is 0 Å². The van der Waals surface area contributed by atoms with E-state index >= 15 is 0 Å². The van der Waals surface area contributed by atoms with E-state index in [-0.39, 0.29) is 17.6 Å². The van der Waals surface area contributed by atoms with Gasteiger partial charge < -0.3 is 10.4 Å². The van der Waals surface area contributed by atoms with E-state index in [1.165, 1.54) is 0 Å². The normalized spacial score (nSPS) is 22.5. The van der Waals surface area contributed by atoms with Crippen LogP contribution in [-0.2, 0) is 0 Å². The van der Waals surface area contributed by atoms with Crippen LogP contribution in [0.3, 0.4) is 0 Å². The molecule has 1 aliphatic carbocycles. The molecule has 1 aromatic rings. The molecule has 0 aromatic heterocycles. The predicted molar refractivity (Wildman–Crippen MR) is 62.0 cm³/mol. The van der Waals surface area contributed by atoms with Crippen LogP contribution in [0.25, 0.3) is 0 Å². The van der Waals surface area contributed by atoms with Crippen LogP contribution in [0.4, 0.5) is 13.2 Å². The molecule has 2 rings (SSSR count). The second-order valence-electron chi connectivity index (χ2n) is 4.80. The number of nitrogens with one attached hydrogen (secondary N) is 1. The first-order valence-electron chi connectivity index (χ1n) is 6.08. The molecular formula is C13H14F3NO2. The highest BCUT2D eigenvalue weighted by molar-refractivity contribution is 5.94. The van der Waals surface area contributed by atoms with Crippen LogP contribution in [0.1, 0.15) is 29.6 Å². The summed E-state index contributed by atoms with van der Waals surface area (Å²) in [6.07, 6.45) is 1.75. The van der Waals surface area contributed by atoms with Crippen molar-refractivity contribution in [3.05, 3.63) is 35.1 Å². The van der Waals surface area contributed by atoms with Gasteiger partial charge in [-0.15, -0.1) is 0 Å². The van der Waals surface area contributed by atoms with Crippen molar-refractivity contribution in [1.82, 2.24) is 5.32 Å². The van der Waals surface area contributed by atoms with Gasteiger partial charge in [-0.3, -0.25) is 4.79 Å². The van der Waals surface area contributed by atoms with E-state index in [2.05, 4.69) is 5.32 Å². The Morgan fingerprint density at radius 3 is 2.42 bits per heavy atom. The number of carbonyl (C=O) groups excluding carboxylic acids is 1. The minimum Gasteiger partial charge on any atom is -0.393 e. The maximum absolute atomic E-state index is 13.0. The Bertz CT molecular complexity index is 470. The maximum atomic E-state index is 13.0. The van der Waals surface area contributed by atoms with Crippen LogP contribution in [0.2, 0.25) is 0 Å². The lowest BCUT2D eigenvalue weighted by Gasteiger charge is -2.11. The molecule has 0 spiro atoms. The van der Waals surface area contributed by atoms with E-state index in [1.807, 2.05) is 0 Å². The zero-order chi connectivity index (χ0) is 14.0. The summed E-state index contributed by atoms with van der Waals surface area (Å²) in [4.78, 5) is 11.7. The number of halogens is 3. The molecule has 0 saturated heterocycles. The molecule has 3 nitrogen and oxygen atoms in total. The van der Waals surface area contributed by atoms with Gasteiger partial charge in [0.15, 0.2) is 17.5 Å². The van der Waals surface area contributed by atoms with Gasteiger partial charge >= 0.3 is 0 Å². The smallest absolute Gasteiger partial charge is 0.251 e. The number of aliphatic hydroxyl groups excluding tert-OH is 1. The molecule has 0 aliphatic heterocycles. The van der Waals surface area contributed by atoms with E-state index in [0.29, 0.717) is 31.5 Å².